The van der Waals surface area contributed by atoms with Crippen LogP contribution in [0.3, 0.4) is 0 Å². The Morgan fingerprint density at radius 1 is 0.790 bits per heavy atom. The van der Waals surface area contributed by atoms with Gasteiger partial charge in [-0.05, 0) is 49.2 Å². The van der Waals surface area contributed by atoms with Gasteiger partial charge >= 0.3 is 6.18 Å². The molecule has 0 aliphatic carbocycles. The molecular formula is C48H48F3N5O2S4. The number of aromatic nitrogens is 1. The summed E-state index contributed by atoms with van der Waals surface area (Å²) < 4.78 is 56.5. The number of allylic oxidation sites excluding steroid dienone is 2. The van der Waals surface area contributed by atoms with Crippen LogP contribution < -0.4 is 10.5 Å². The van der Waals surface area contributed by atoms with Crippen LogP contribution in [0.2, 0.25) is 0 Å². The van der Waals surface area contributed by atoms with Crippen molar-refractivity contribution in [1.82, 2.24) is 4.57 Å². The molecule has 7 nitrogen and oxygen atoms in total. The molecule has 0 amide bonds. The first-order valence-electron chi connectivity index (χ1n) is 21.2. The molecule has 0 radical (unpaired) electrons. The van der Waals surface area contributed by atoms with E-state index in [1.807, 2.05) is 24.7 Å². The highest BCUT2D eigenvalue weighted by Crippen LogP contribution is 2.51. The molecule has 322 valence electrons. The van der Waals surface area contributed by atoms with Crippen LogP contribution >= 0.6 is 45.3 Å². The van der Waals surface area contributed by atoms with Crippen LogP contribution in [0.25, 0.3) is 55.6 Å². The molecule has 6 heterocycles. The molecule has 0 fully saturated rings. The maximum atomic E-state index is 14.8. The zero-order valence-corrected chi connectivity index (χ0v) is 38.6. The fourth-order valence-corrected chi connectivity index (χ4v) is 13.4. The lowest BCUT2D eigenvalue weighted by atomic mass is 9.92. The maximum absolute atomic E-state index is 14.8. The normalized spacial score (nSPS) is 15.6. The summed E-state index contributed by atoms with van der Waals surface area (Å²) in [4.78, 5) is 18.6. The van der Waals surface area contributed by atoms with E-state index in [4.69, 9.17) is 4.74 Å². The number of thiophene rings is 4. The Kier molecular flexibility index (Phi) is 14.0. The van der Waals surface area contributed by atoms with Crippen LogP contribution in [0.5, 0.6) is 0 Å². The number of anilines is 1. The molecule has 14 heteroatoms. The predicted octanol–water partition coefficient (Wildman–Crippen LogP) is 15.0. The van der Waals surface area contributed by atoms with Crippen molar-refractivity contribution in [2.75, 3.05) is 19.0 Å². The van der Waals surface area contributed by atoms with E-state index < -0.39 is 34.3 Å². The van der Waals surface area contributed by atoms with Gasteiger partial charge in [-0.1, -0.05) is 102 Å². The average molecular weight is 912 g/mol. The summed E-state index contributed by atoms with van der Waals surface area (Å²) >= 11 is 6.23. The number of rotatable bonds is 18. The SMILES string of the molecule is CCCCCCCCCCCCCCCn1c(=O)c2c3sc(/C=C/C4=C(C#N)C(=C(C#N)C#N)OC4(C)C(F)(F)F)cc3sc2c2sc3cc(-c4ccc(N(C)C)cc4)sc3c21. The van der Waals surface area contributed by atoms with Crippen LogP contribution in [0.15, 0.2) is 69.7 Å². The van der Waals surface area contributed by atoms with E-state index in [0.29, 0.717) is 16.8 Å². The minimum Gasteiger partial charge on any atom is -0.470 e. The standard InChI is InChI=1S/C48H48F3N5O2S4/c1-5-6-7-8-9-10-11-12-13-14-15-16-17-24-56-40-43-38(26-36(60-43)30-18-20-32(21-19-30)55(3)4)62-45(40)44-39(46(56)57)42-37(61-44)25-33(59-42)22-23-35-34(29-54)41(31(27-52)28-53)58-47(35,2)48(49,50)51/h18-23,25-26H,5-17,24H2,1-4H3/b23-22+. The molecule has 1 aliphatic rings. The summed E-state index contributed by atoms with van der Waals surface area (Å²) in [5.74, 6) is -0.687. The average Bonchev–Trinajstić information content (AvgIpc) is 4.06. The maximum Gasteiger partial charge on any atom is 0.432 e. The minimum atomic E-state index is -4.96. The summed E-state index contributed by atoms with van der Waals surface area (Å²) in [7, 11) is 4.04. The molecule has 62 heavy (non-hydrogen) atoms. The van der Waals surface area contributed by atoms with Gasteiger partial charge < -0.3 is 14.2 Å². The first-order chi connectivity index (χ1) is 29.8. The lowest BCUT2D eigenvalue weighted by molar-refractivity contribution is -0.236. The van der Waals surface area contributed by atoms with E-state index in [0.717, 1.165) is 76.0 Å². The molecule has 5 aromatic heterocycles. The molecule has 6 aromatic rings. The lowest BCUT2D eigenvalue weighted by Crippen LogP contribution is -2.43. The monoisotopic (exact) mass is 911 g/mol. The van der Waals surface area contributed by atoms with Crippen LogP contribution in [-0.2, 0) is 11.3 Å². The van der Waals surface area contributed by atoms with Gasteiger partial charge in [0.1, 0.15) is 23.8 Å². The fourth-order valence-electron chi connectivity index (χ4n) is 8.12. The van der Waals surface area contributed by atoms with Gasteiger partial charge in [0, 0.05) is 51.1 Å². The van der Waals surface area contributed by atoms with E-state index in [9.17, 15) is 33.8 Å². The zero-order valence-electron chi connectivity index (χ0n) is 35.3. The molecule has 0 bridgehead atoms. The van der Waals surface area contributed by atoms with E-state index in [1.54, 1.807) is 40.9 Å². The highest BCUT2D eigenvalue weighted by Gasteiger charge is 2.60. The second kappa shape index (κ2) is 19.2. The molecule has 1 aromatic carbocycles. The summed E-state index contributed by atoms with van der Waals surface area (Å²) in [6, 6.07) is 17.4. The van der Waals surface area contributed by atoms with E-state index in [2.05, 4.69) is 42.2 Å². The number of fused-ring (bicyclic) bond motifs is 7. The second-order valence-corrected chi connectivity index (χ2v) is 20.4. The number of ether oxygens (including phenoxy) is 1. The van der Waals surface area contributed by atoms with Crippen LogP contribution in [0.4, 0.5) is 18.9 Å². The third-order valence-corrected chi connectivity index (χ3v) is 16.6. The number of unbranched alkanes of at least 4 members (excludes halogenated alkanes) is 12. The van der Waals surface area contributed by atoms with Crippen molar-refractivity contribution in [2.45, 2.75) is 116 Å². The van der Waals surface area contributed by atoms with Crippen LogP contribution in [0, 0.1) is 34.0 Å². The summed E-state index contributed by atoms with van der Waals surface area (Å²) in [6.45, 7) is 3.61. The van der Waals surface area contributed by atoms with Crippen molar-refractivity contribution < 1.29 is 17.9 Å². The molecule has 1 atom stereocenters. The Morgan fingerprint density at radius 3 is 1.97 bits per heavy atom. The van der Waals surface area contributed by atoms with Crippen molar-refractivity contribution in [3.05, 3.63) is 80.2 Å². The van der Waals surface area contributed by atoms with Gasteiger partial charge in [-0.25, -0.2) is 0 Å². The molecule has 1 aliphatic heterocycles. The van der Waals surface area contributed by atoms with Crippen molar-refractivity contribution in [1.29, 1.82) is 15.8 Å². The summed E-state index contributed by atoms with van der Waals surface area (Å²) in [5, 5.41) is 29.3. The Bertz CT molecular complexity index is 2880. The third kappa shape index (κ3) is 8.83. The number of aryl methyl sites for hydroxylation is 1. The topological polar surface area (TPSA) is 106 Å². The number of hydrogen-bond donors (Lipinski definition) is 0. The number of pyridine rings is 1. The van der Waals surface area contributed by atoms with Crippen molar-refractivity contribution >= 4 is 96.2 Å². The highest BCUT2D eigenvalue weighted by atomic mass is 32.1. The zero-order chi connectivity index (χ0) is 44.2. The van der Waals surface area contributed by atoms with Gasteiger partial charge in [-0.15, -0.1) is 45.3 Å². The van der Waals surface area contributed by atoms with Gasteiger partial charge in [0.05, 0.1) is 29.7 Å². The number of nitriles is 3. The van der Waals surface area contributed by atoms with Gasteiger partial charge in [-0.2, -0.15) is 29.0 Å². The minimum absolute atomic E-state index is 0.0707. The predicted molar refractivity (Wildman–Crippen MR) is 253 cm³/mol. The van der Waals surface area contributed by atoms with Crippen molar-refractivity contribution in [3.63, 3.8) is 0 Å². The molecule has 0 saturated heterocycles. The first kappa shape index (κ1) is 45.1. The smallest absolute Gasteiger partial charge is 0.432 e. The van der Waals surface area contributed by atoms with Gasteiger partial charge in [0.15, 0.2) is 11.3 Å². The number of nitrogens with zero attached hydrogens (tertiary/aromatic N) is 5. The number of halogens is 3. The molecule has 7 rings (SSSR count). The molecule has 0 saturated carbocycles. The Morgan fingerprint density at radius 2 is 1.39 bits per heavy atom. The van der Waals surface area contributed by atoms with E-state index in [-0.39, 0.29) is 5.56 Å². The van der Waals surface area contributed by atoms with Gasteiger partial charge in [0.2, 0.25) is 5.60 Å². The highest BCUT2D eigenvalue weighted by molar-refractivity contribution is 7.39. The number of hydrogen-bond acceptors (Lipinski definition) is 10. The molecular weight excluding hydrogens is 864 g/mol. The number of alkyl halides is 3. The third-order valence-electron chi connectivity index (χ3n) is 11.6. The summed E-state index contributed by atoms with van der Waals surface area (Å²) in [6.07, 6.45) is 13.7. The summed E-state index contributed by atoms with van der Waals surface area (Å²) in [5.41, 5.74) is -1.55. The first-order valence-corrected chi connectivity index (χ1v) is 24.5. The van der Waals surface area contributed by atoms with Crippen LogP contribution in [0.1, 0.15) is 102 Å². The quantitative estimate of drug-likeness (QED) is 0.0628. The van der Waals surface area contributed by atoms with E-state index >= 15 is 0 Å². The van der Waals surface area contributed by atoms with Gasteiger partial charge in [-0.3, -0.25) is 4.79 Å². The fraction of sp³-hybridized carbons (Fsp3) is 0.417. The number of benzene rings is 1. The second-order valence-electron chi connectivity index (χ2n) is 16.2. The van der Waals surface area contributed by atoms with E-state index in [1.165, 1.54) is 99.0 Å². The Hall–Kier alpha value is -4.91. The van der Waals surface area contributed by atoms with Crippen molar-refractivity contribution in [3.8, 4) is 28.6 Å². The van der Waals surface area contributed by atoms with Crippen molar-refractivity contribution in [2.24, 2.45) is 0 Å². The largest absolute Gasteiger partial charge is 0.470 e. The molecule has 0 N–H and O–H groups in total. The Labute approximate surface area is 375 Å². The molecule has 1 unspecified atom stereocenters. The van der Waals surface area contributed by atoms with Crippen LogP contribution in [-0.4, -0.2) is 30.4 Å². The Balaban J connectivity index is 1.21. The molecule has 0 spiro atoms. The lowest BCUT2D eigenvalue weighted by Gasteiger charge is -2.28. The van der Waals surface area contributed by atoms with Gasteiger partial charge in [0.25, 0.3) is 5.56 Å².